The number of fused-ring (bicyclic) bond motifs is 1. The van der Waals surface area contributed by atoms with Gasteiger partial charge >= 0.3 is 0 Å². The number of anilines is 2. The molecule has 0 spiro atoms. The molecule has 1 aromatic heterocycles. The molecular formula is C17H18ClN3O2. The minimum atomic E-state index is 0.462. The second-order valence-corrected chi connectivity index (χ2v) is 5.57. The van der Waals surface area contributed by atoms with Crippen molar-refractivity contribution < 1.29 is 9.47 Å². The SMILES string of the molecule is COc1ccnc(NC/C2=C/c3cc(Cl)ccc3NCOC2)c1. The molecule has 23 heavy (non-hydrogen) atoms. The number of hydrogen-bond acceptors (Lipinski definition) is 5. The first-order valence-corrected chi connectivity index (χ1v) is 7.67. The zero-order valence-corrected chi connectivity index (χ0v) is 13.6. The summed E-state index contributed by atoms with van der Waals surface area (Å²) in [6.07, 6.45) is 3.80. The van der Waals surface area contributed by atoms with Gasteiger partial charge in [0.15, 0.2) is 0 Å². The van der Waals surface area contributed by atoms with Gasteiger partial charge < -0.3 is 20.1 Å². The Morgan fingerprint density at radius 2 is 2.26 bits per heavy atom. The van der Waals surface area contributed by atoms with Gasteiger partial charge in [0, 0.05) is 29.5 Å². The molecule has 6 heteroatoms. The van der Waals surface area contributed by atoms with Gasteiger partial charge in [0.2, 0.25) is 0 Å². The van der Waals surface area contributed by atoms with Crippen molar-refractivity contribution in [3.8, 4) is 5.75 Å². The fourth-order valence-electron chi connectivity index (χ4n) is 2.33. The van der Waals surface area contributed by atoms with E-state index in [4.69, 9.17) is 21.1 Å². The van der Waals surface area contributed by atoms with Gasteiger partial charge in [0.1, 0.15) is 18.3 Å². The smallest absolute Gasteiger partial charge is 0.129 e. The molecule has 3 rings (SSSR count). The quantitative estimate of drug-likeness (QED) is 0.895. The van der Waals surface area contributed by atoms with E-state index in [2.05, 4.69) is 21.7 Å². The van der Waals surface area contributed by atoms with Gasteiger partial charge in [-0.2, -0.15) is 0 Å². The Morgan fingerprint density at radius 3 is 3.13 bits per heavy atom. The molecular weight excluding hydrogens is 314 g/mol. The second-order valence-electron chi connectivity index (χ2n) is 5.14. The highest BCUT2D eigenvalue weighted by molar-refractivity contribution is 6.30. The summed E-state index contributed by atoms with van der Waals surface area (Å²) in [7, 11) is 1.64. The Bertz CT molecular complexity index is 719. The van der Waals surface area contributed by atoms with Gasteiger partial charge in [0.25, 0.3) is 0 Å². The summed E-state index contributed by atoms with van der Waals surface area (Å²) in [6, 6.07) is 9.43. The van der Waals surface area contributed by atoms with Crippen LogP contribution in [-0.2, 0) is 4.74 Å². The average molecular weight is 332 g/mol. The van der Waals surface area contributed by atoms with E-state index in [0.717, 1.165) is 28.4 Å². The molecule has 1 aromatic carbocycles. The first kappa shape index (κ1) is 15.6. The summed E-state index contributed by atoms with van der Waals surface area (Å²) in [4.78, 5) is 4.28. The summed E-state index contributed by atoms with van der Waals surface area (Å²) in [5.74, 6) is 1.53. The van der Waals surface area contributed by atoms with E-state index in [1.165, 1.54) is 0 Å². The van der Waals surface area contributed by atoms with E-state index in [-0.39, 0.29) is 0 Å². The Kier molecular flexibility index (Phi) is 5.00. The van der Waals surface area contributed by atoms with Crippen LogP contribution in [0, 0.1) is 0 Å². The summed E-state index contributed by atoms with van der Waals surface area (Å²) in [5, 5.41) is 7.23. The third-order valence-electron chi connectivity index (χ3n) is 3.49. The molecule has 2 heterocycles. The highest BCUT2D eigenvalue weighted by atomic mass is 35.5. The summed E-state index contributed by atoms with van der Waals surface area (Å²) >= 11 is 6.10. The van der Waals surface area contributed by atoms with E-state index < -0.39 is 0 Å². The standard InChI is InChI=1S/C17H18ClN3O2/c1-22-15-4-5-19-17(8-15)20-9-12-6-13-7-14(18)2-3-16(13)21-11-23-10-12/h2-8,21H,9-11H2,1H3,(H,19,20)/b12-6-. The molecule has 0 fully saturated rings. The summed E-state index contributed by atoms with van der Waals surface area (Å²) < 4.78 is 10.8. The maximum atomic E-state index is 6.10. The van der Waals surface area contributed by atoms with Gasteiger partial charge in [-0.15, -0.1) is 0 Å². The lowest BCUT2D eigenvalue weighted by molar-refractivity contribution is 0.175. The van der Waals surface area contributed by atoms with Gasteiger partial charge in [-0.05, 0) is 41.5 Å². The van der Waals surface area contributed by atoms with Crippen molar-refractivity contribution in [3.05, 3.63) is 52.7 Å². The number of nitrogens with zero attached hydrogens (tertiary/aromatic N) is 1. The van der Waals surface area contributed by atoms with Crippen molar-refractivity contribution in [1.82, 2.24) is 4.98 Å². The zero-order valence-electron chi connectivity index (χ0n) is 12.8. The van der Waals surface area contributed by atoms with Crippen molar-refractivity contribution in [2.75, 3.05) is 37.6 Å². The zero-order chi connectivity index (χ0) is 16.1. The summed E-state index contributed by atoms with van der Waals surface area (Å²) in [5.41, 5.74) is 3.17. The molecule has 1 aliphatic rings. The minimum absolute atomic E-state index is 0.462. The molecule has 0 saturated carbocycles. The number of rotatable bonds is 4. The molecule has 0 atom stereocenters. The van der Waals surface area contributed by atoms with Crippen LogP contribution < -0.4 is 15.4 Å². The molecule has 2 aromatic rings. The molecule has 0 aliphatic carbocycles. The minimum Gasteiger partial charge on any atom is -0.497 e. The average Bonchev–Trinajstić information content (AvgIpc) is 2.55. The van der Waals surface area contributed by atoms with Gasteiger partial charge in [0.05, 0.1) is 13.7 Å². The van der Waals surface area contributed by atoms with Crippen LogP contribution >= 0.6 is 11.6 Å². The normalized spacial score (nSPS) is 16.2. The number of benzene rings is 1. The van der Waals surface area contributed by atoms with Crippen molar-refractivity contribution in [3.63, 3.8) is 0 Å². The molecule has 0 saturated heterocycles. The molecule has 5 nitrogen and oxygen atoms in total. The predicted octanol–water partition coefficient (Wildman–Crippen LogP) is 3.64. The van der Waals surface area contributed by atoms with Crippen LogP contribution in [0.3, 0.4) is 0 Å². The largest absolute Gasteiger partial charge is 0.497 e. The fourth-order valence-corrected chi connectivity index (χ4v) is 2.51. The lowest BCUT2D eigenvalue weighted by Crippen LogP contribution is -2.16. The van der Waals surface area contributed by atoms with E-state index in [1.54, 1.807) is 13.3 Å². The number of aromatic nitrogens is 1. The number of ether oxygens (including phenoxy) is 2. The molecule has 2 N–H and O–H groups in total. The molecule has 0 unspecified atom stereocenters. The molecule has 0 bridgehead atoms. The predicted molar refractivity (Wildman–Crippen MR) is 93.1 cm³/mol. The van der Waals surface area contributed by atoms with Crippen LogP contribution in [-0.4, -0.2) is 32.0 Å². The van der Waals surface area contributed by atoms with Crippen LogP contribution in [0.5, 0.6) is 5.75 Å². The van der Waals surface area contributed by atoms with Gasteiger partial charge in [-0.25, -0.2) is 4.98 Å². The van der Waals surface area contributed by atoms with E-state index in [0.29, 0.717) is 24.9 Å². The third-order valence-corrected chi connectivity index (χ3v) is 3.72. The first-order chi connectivity index (χ1) is 11.2. The van der Waals surface area contributed by atoms with Crippen molar-refractivity contribution >= 4 is 29.2 Å². The van der Waals surface area contributed by atoms with E-state index >= 15 is 0 Å². The van der Waals surface area contributed by atoms with Crippen LogP contribution in [0.15, 0.2) is 42.1 Å². The van der Waals surface area contributed by atoms with Crippen LogP contribution in [0.2, 0.25) is 5.02 Å². The van der Waals surface area contributed by atoms with Crippen molar-refractivity contribution in [2.24, 2.45) is 0 Å². The van der Waals surface area contributed by atoms with Crippen LogP contribution in [0.1, 0.15) is 5.56 Å². The van der Waals surface area contributed by atoms with Crippen molar-refractivity contribution in [2.45, 2.75) is 0 Å². The van der Waals surface area contributed by atoms with E-state index in [1.807, 2.05) is 30.3 Å². The molecule has 0 amide bonds. The third kappa shape index (κ3) is 4.15. The summed E-state index contributed by atoms with van der Waals surface area (Å²) in [6.45, 7) is 1.63. The van der Waals surface area contributed by atoms with Gasteiger partial charge in [-0.3, -0.25) is 0 Å². The lowest BCUT2D eigenvalue weighted by Gasteiger charge is -2.17. The van der Waals surface area contributed by atoms with Crippen molar-refractivity contribution in [1.29, 1.82) is 0 Å². The Balaban J connectivity index is 1.77. The first-order valence-electron chi connectivity index (χ1n) is 7.29. The number of nitrogens with one attached hydrogen (secondary N) is 2. The maximum Gasteiger partial charge on any atom is 0.129 e. The number of methoxy groups -OCH3 is 1. The highest BCUT2D eigenvalue weighted by Crippen LogP contribution is 2.24. The Morgan fingerprint density at radius 1 is 1.35 bits per heavy atom. The highest BCUT2D eigenvalue weighted by Gasteiger charge is 2.08. The number of halogens is 1. The lowest BCUT2D eigenvalue weighted by atomic mass is 10.1. The van der Waals surface area contributed by atoms with Crippen LogP contribution in [0.25, 0.3) is 6.08 Å². The topological polar surface area (TPSA) is 55.4 Å². The Labute approximate surface area is 140 Å². The number of pyridine rings is 1. The molecule has 1 aliphatic heterocycles. The molecule has 0 radical (unpaired) electrons. The van der Waals surface area contributed by atoms with E-state index in [9.17, 15) is 0 Å². The van der Waals surface area contributed by atoms with Gasteiger partial charge in [-0.1, -0.05) is 11.6 Å². The monoisotopic (exact) mass is 331 g/mol. The second kappa shape index (κ2) is 7.35. The fraction of sp³-hybridized carbons (Fsp3) is 0.235. The maximum absolute atomic E-state index is 6.10. The molecule has 120 valence electrons. The van der Waals surface area contributed by atoms with Crippen LogP contribution in [0.4, 0.5) is 11.5 Å². The number of hydrogen-bond donors (Lipinski definition) is 2. The Hall–Kier alpha value is -2.24.